The van der Waals surface area contributed by atoms with Gasteiger partial charge < -0.3 is 20.1 Å². The number of fused-ring (bicyclic) bond motifs is 1. The molecule has 1 aliphatic heterocycles. The Kier molecular flexibility index (Phi) is 6.46. The molecule has 1 fully saturated rings. The van der Waals surface area contributed by atoms with Gasteiger partial charge in [0.25, 0.3) is 0 Å². The lowest BCUT2D eigenvalue weighted by molar-refractivity contribution is 0.174. The molecule has 1 saturated carbocycles. The number of rotatable bonds is 6. The van der Waals surface area contributed by atoms with E-state index in [1.54, 1.807) is 0 Å². The standard InChI is InChI=1S/C21H25N3O2.HI/c1-22-20(23-12-9-16-5-3-2-4-6-16)24-14-21(10-11-21)17-7-8-18-19(13-17)26-15-25-18;/h2-8,13H,9-12,14-15H2,1H3,(H2,22,23,24);1H. The maximum absolute atomic E-state index is 5.53. The van der Waals surface area contributed by atoms with Crippen molar-refractivity contribution >= 4 is 29.9 Å². The fourth-order valence-corrected chi connectivity index (χ4v) is 3.39. The summed E-state index contributed by atoms with van der Waals surface area (Å²) in [5.74, 6) is 2.56. The Labute approximate surface area is 177 Å². The van der Waals surface area contributed by atoms with E-state index < -0.39 is 0 Å². The molecule has 0 bridgehead atoms. The summed E-state index contributed by atoms with van der Waals surface area (Å²) in [7, 11) is 1.82. The molecule has 0 aromatic heterocycles. The van der Waals surface area contributed by atoms with E-state index in [9.17, 15) is 0 Å². The molecule has 0 unspecified atom stereocenters. The van der Waals surface area contributed by atoms with E-state index in [-0.39, 0.29) is 29.4 Å². The zero-order valence-electron chi connectivity index (χ0n) is 15.5. The number of halogens is 1. The van der Waals surface area contributed by atoms with Crippen LogP contribution in [0.5, 0.6) is 11.5 Å². The van der Waals surface area contributed by atoms with Gasteiger partial charge in [-0.15, -0.1) is 24.0 Å². The van der Waals surface area contributed by atoms with E-state index in [0.29, 0.717) is 6.79 Å². The first-order chi connectivity index (χ1) is 12.8. The predicted octanol–water partition coefficient (Wildman–Crippen LogP) is 3.47. The van der Waals surface area contributed by atoms with Crippen molar-refractivity contribution in [3.05, 3.63) is 59.7 Å². The molecule has 6 heteroatoms. The Balaban J connectivity index is 0.00000210. The minimum Gasteiger partial charge on any atom is -0.454 e. The van der Waals surface area contributed by atoms with Crippen molar-refractivity contribution in [2.75, 3.05) is 26.9 Å². The first-order valence-corrected chi connectivity index (χ1v) is 9.18. The van der Waals surface area contributed by atoms with Gasteiger partial charge in [0.05, 0.1) is 0 Å². The van der Waals surface area contributed by atoms with Gasteiger partial charge in [-0.2, -0.15) is 0 Å². The lowest BCUT2D eigenvalue weighted by Crippen LogP contribution is -2.41. The molecule has 27 heavy (non-hydrogen) atoms. The quantitative estimate of drug-likeness (QED) is 0.379. The second-order valence-electron chi connectivity index (χ2n) is 6.94. The molecule has 4 rings (SSSR count). The molecule has 2 aliphatic rings. The van der Waals surface area contributed by atoms with Crippen molar-refractivity contribution in [1.82, 2.24) is 10.6 Å². The van der Waals surface area contributed by atoms with Crippen LogP contribution >= 0.6 is 24.0 Å². The summed E-state index contributed by atoms with van der Waals surface area (Å²) < 4.78 is 10.9. The predicted molar refractivity (Wildman–Crippen MR) is 118 cm³/mol. The van der Waals surface area contributed by atoms with Gasteiger partial charge in [0.1, 0.15) is 0 Å². The van der Waals surface area contributed by atoms with Crippen LogP contribution in [-0.2, 0) is 11.8 Å². The molecule has 0 amide bonds. The highest BCUT2D eigenvalue weighted by atomic mass is 127. The van der Waals surface area contributed by atoms with E-state index >= 15 is 0 Å². The number of nitrogens with one attached hydrogen (secondary N) is 2. The topological polar surface area (TPSA) is 54.9 Å². The van der Waals surface area contributed by atoms with Crippen molar-refractivity contribution in [2.45, 2.75) is 24.7 Å². The fraction of sp³-hybridized carbons (Fsp3) is 0.381. The van der Waals surface area contributed by atoms with Crippen molar-refractivity contribution in [3.8, 4) is 11.5 Å². The molecule has 1 heterocycles. The van der Waals surface area contributed by atoms with Gasteiger partial charge in [-0.3, -0.25) is 4.99 Å². The first-order valence-electron chi connectivity index (χ1n) is 9.18. The number of aliphatic imine (C=N–C) groups is 1. The number of hydrogen-bond acceptors (Lipinski definition) is 3. The number of nitrogens with zero attached hydrogens (tertiary/aromatic N) is 1. The number of benzene rings is 2. The Morgan fingerprint density at radius 2 is 1.81 bits per heavy atom. The zero-order chi connectivity index (χ0) is 17.8. The Hall–Kier alpha value is -1.96. The highest BCUT2D eigenvalue weighted by Gasteiger charge is 2.44. The number of hydrogen-bond donors (Lipinski definition) is 2. The Morgan fingerprint density at radius 1 is 1.04 bits per heavy atom. The van der Waals surface area contributed by atoms with Gasteiger partial charge >= 0.3 is 0 Å². The lowest BCUT2D eigenvalue weighted by atomic mass is 9.95. The van der Waals surface area contributed by atoms with Gasteiger partial charge in [-0.1, -0.05) is 36.4 Å². The maximum atomic E-state index is 5.53. The lowest BCUT2D eigenvalue weighted by Gasteiger charge is -2.19. The first kappa shape index (κ1) is 19.8. The van der Waals surface area contributed by atoms with Crippen LogP contribution in [0.4, 0.5) is 0 Å². The van der Waals surface area contributed by atoms with Gasteiger partial charge in [-0.05, 0) is 42.5 Å². The van der Waals surface area contributed by atoms with Crippen LogP contribution in [0, 0.1) is 0 Å². The summed E-state index contributed by atoms with van der Waals surface area (Å²) in [5.41, 5.74) is 2.82. The summed E-state index contributed by atoms with van der Waals surface area (Å²) in [6.45, 7) is 2.06. The van der Waals surface area contributed by atoms with E-state index in [0.717, 1.165) is 37.0 Å². The van der Waals surface area contributed by atoms with Crippen LogP contribution in [0.25, 0.3) is 0 Å². The molecule has 144 valence electrons. The van der Waals surface area contributed by atoms with E-state index in [1.165, 1.54) is 24.0 Å². The van der Waals surface area contributed by atoms with Gasteiger partial charge in [0.2, 0.25) is 6.79 Å². The largest absolute Gasteiger partial charge is 0.454 e. The third kappa shape index (κ3) is 4.66. The zero-order valence-corrected chi connectivity index (χ0v) is 17.9. The van der Waals surface area contributed by atoms with E-state index in [1.807, 2.05) is 19.2 Å². The minimum absolute atomic E-state index is 0. The van der Waals surface area contributed by atoms with Crippen molar-refractivity contribution < 1.29 is 9.47 Å². The molecule has 1 aliphatic carbocycles. The normalized spacial score (nSPS) is 16.4. The van der Waals surface area contributed by atoms with Crippen LogP contribution < -0.4 is 20.1 Å². The molecule has 2 N–H and O–H groups in total. The van der Waals surface area contributed by atoms with Crippen LogP contribution in [0.2, 0.25) is 0 Å². The number of ether oxygens (including phenoxy) is 2. The molecule has 5 nitrogen and oxygen atoms in total. The molecule has 0 atom stereocenters. The fourth-order valence-electron chi connectivity index (χ4n) is 3.39. The van der Waals surface area contributed by atoms with E-state index in [4.69, 9.17) is 9.47 Å². The summed E-state index contributed by atoms with van der Waals surface area (Å²) >= 11 is 0. The summed E-state index contributed by atoms with van der Waals surface area (Å²) in [5, 5.41) is 6.90. The summed E-state index contributed by atoms with van der Waals surface area (Å²) in [6.07, 6.45) is 3.34. The van der Waals surface area contributed by atoms with Gasteiger partial charge in [0, 0.05) is 25.6 Å². The van der Waals surface area contributed by atoms with Crippen LogP contribution in [0.15, 0.2) is 53.5 Å². The number of guanidine groups is 1. The van der Waals surface area contributed by atoms with Gasteiger partial charge in [0.15, 0.2) is 17.5 Å². The second kappa shape index (κ2) is 8.82. The summed E-state index contributed by atoms with van der Waals surface area (Å²) in [6, 6.07) is 16.8. The van der Waals surface area contributed by atoms with Crippen LogP contribution in [0.3, 0.4) is 0 Å². The van der Waals surface area contributed by atoms with Crippen molar-refractivity contribution in [3.63, 3.8) is 0 Å². The smallest absolute Gasteiger partial charge is 0.231 e. The summed E-state index contributed by atoms with van der Waals surface area (Å²) in [4.78, 5) is 4.35. The molecular formula is C21H26IN3O2. The average molecular weight is 479 g/mol. The van der Waals surface area contributed by atoms with Crippen molar-refractivity contribution in [2.24, 2.45) is 4.99 Å². The SMILES string of the molecule is CN=C(NCCc1ccccc1)NCC1(c2ccc3c(c2)OCO3)CC1.I. The van der Waals surface area contributed by atoms with Gasteiger partial charge in [-0.25, -0.2) is 0 Å². The minimum atomic E-state index is 0. The molecule has 0 radical (unpaired) electrons. The second-order valence-corrected chi connectivity index (χ2v) is 6.94. The highest BCUT2D eigenvalue weighted by Crippen LogP contribution is 2.49. The molecule has 2 aromatic carbocycles. The Morgan fingerprint density at radius 3 is 2.56 bits per heavy atom. The molecular weight excluding hydrogens is 453 g/mol. The highest BCUT2D eigenvalue weighted by molar-refractivity contribution is 14.0. The monoisotopic (exact) mass is 479 g/mol. The van der Waals surface area contributed by atoms with Crippen molar-refractivity contribution in [1.29, 1.82) is 0 Å². The van der Waals surface area contributed by atoms with Crippen LogP contribution in [-0.4, -0.2) is 32.9 Å². The third-order valence-corrected chi connectivity index (χ3v) is 5.21. The molecule has 0 spiro atoms. The van der Waals surface area contributed by atoms with Crippen LogP contribution in [0.1, 0.15) is 24.0 Å². The molecule has 0 saturated heterocycles. The Bertz CT molecular complexity index is 791. The maximum Gasteiger partial charge on any atom is 0.231 e. The molecule has 2 aromatic rings. The van der Waals surface area contributed by atoms with E-state index in [2.05, 4.69) is 52.0 Å². The average Bonchev–Trinajstić information content (AvgIpc) is 3.33. The third-order valence-electron chi connectivity index (χ3n) is 5.21.